The quantitative estimate of drug-likeness (QED) is 0.658. The number of ether oxygens (including phenoxy) is 2. The molecule has 1 heterocycles. The van der Waals surface area contributed by atoms with Gasteiger partial charge in [-0.15, -0.1) is 0 Å². The van der Waals surface area contributed by atoms with Crippen molar-refractivity contribution in [3.05, 3.63) is 0 Å². The molecule has 0 amide bonds. The summed E-state index contributed by atoms with van der Waals surface area (Å²) in [5.41, 5.74) is 0. The molecule has 0 bridgehead atoms. The first-order valence-corrected chi connectivity index (χ1v) is 7.46. The molecule has 1 rings (SSSR count). The van der Waals surface area contributed by atoms with E-state index in [2.05, 4.69) is 5.32 Å². The van der Waals surface area contributed by atoms with Crippen molar-refractivity contribution in [2.45, 2.75) is 39.2 Å². The Balaban J connectivity index is 2.57. The lowest BCUT2D eigenvalue weighted by molar-refractivity contribution is -0.157. The monoisotopic (exact) mass is 286 g/mol. The maximum atomic E-state index is 12.1. The van der Waals surface area contributed by atoms with E-state index in [1.165, 1.54) is 0 Å². The van der Waals surface area contributed by atoms with Gasteiger partial charge in [-0.05, 0) is 12.8 Å². The highest BCUT2D eigenvalue weighted by Gasteiger charge is 2.31. The summed E-state index contributed by atoms with van der Waals surface area (Å²) in [5.74, 6) is -0.647. The van der Waals surface area contributed by atoms with Crippen molar-refractivity contribution in [2.24, 2.45) is 0 Å². The first-order valence-electron chi connectivity index (χ1n) is 7.46. The largest absolute Gasteiger partial charge is 0.466 e. The summed E-state index contributed by atoms with van der Waals surface area (Å²) in [5, 5.41) is 3.23. The molecule has 0 saturated carbocycles. The first kappa shape index (κ1) is 16.9. The second kappa shape index (κ2) is 9.72. The number of carbonyl (C=O) groups is 2. The average Bonchev–Trinajstić information content (AvgIpc) is 2.49. The molecule has 0 aromatic carbocycles. The van der Waals surface area contributed by atoms with Gasteiger partial charge in [0.1, 0.15) is 6.04 Å². The molecule has 116 valence electrons. The summed E-state index contributed by atoms with van der Waals surface area (Å²) in [6.45, 7) is 7.81. The van der Waals surface area contributed by atoms with Crippen LogP contribution in [0.2, 0.25) is 0 Å². The molecule has 0 aromatic heterocycles. The van der Waals surface area contributed by atoms with E-state index in [1.807, 2.05) is 18.7 Å². The molecule has 20 heavy (non-hydrogen) atoms. The zero-order valence-electron chi connectivity index (χ0n) is 12.5. The van der Waals surface area contributed by atoms with Crippen LogP contribution < -0.4 is 5.32 Å². The molecular weight excluding hydrogens is 260 g/mol. The predicted octanol–water partition coefficient (Wildman–Crippen LogP) is 0.557. The highest BCUT2D eigenvalue weighted by Crippen LogP contribution is 2.10. The van der Waals surface area contributed by atoms with Crippen LogP contribution in [0.15, 0.2) is 0 Å². The fraction of sp³-hybridized carbons (Fsp3) is 0.857. The summed E-state index contributed by atoms with van der Waals surface area (Å²) in [4.78, 5) is 25.9. The molecule has 1 unspecified atom stereocenters. The van der Waals surface area contributed by atoms with E-state index < -0.39 is 6.04 Å². The maximum Gasteiger partial charge on any atom is 0.323 e. The molecular formula is C14H26N2O4. The van der Waals surface area contributed by atoms with Crippen LogP contribution in [0, 0.1) is 0 Å². The van der Waals surface area contributed by atoms with E-state index in [9.17, 15) is 9.59 Å². The molecule has 1 aliphatic heterocycles. The zero-order chi connectivity index (χ0) is 14.8. The molecule has 6 nitrogen and oxygen atoms in total. The average molecular weight is 286 g/mol. The number of carbonyl (C=O) groups excluding carboxylic acids is 2. The Kier molecular flexibility index (Phi) is 8.22. The Morgan fingerprint density at radius 2 is 1.70 bits per heavy atom. The maximum absolute atomic E-state index is 12.1. The van der Waals surface area contributed by atoms with Crippen molar-refractivity contribution < 1.29 is 19.1 Å². The molecule has 1 fully saturated rings. The Morgan fingerprint density at radius 1 is 1.10 bits per heavy atom. The van der Waals surface area contributed by atoms with Crippen LogP contribution in [-0.2, 0) is 19.1 Å². The Labute approximate surface area is 120 Å². The second-order valence-electron chi connectivity index (χ2n) is 4.89. The standard InChI is InChI=1S/C14H26N2O4/c1-3-9-19-13(17)11-12(14(18)20-10-4-2)16-7-5-15-6-8-16/h12,15H,3-11H2,1-2H3. The normalized spacial score (nSPS) is 17.5. The van der Waals surface area contributed by atoms with Gasteiger partial charge in [0, 0.05) is 26.2 Å². The Hall–Kier alpha value is -1.14. The highest BCUT2D eigenvalue weighted by molar-refractivity contribution is 5.82. The fourth-order valence-corrected chi connectivity index (χ4v) is 2.09. The van der Waals surface area contributed by atoms with E-state index in [1.54, 1.807) is 0 Å². The number of rotatable bonds is 8. The van der Waals surface area contributed by atoms with Gasteiger partial charge in [-0.1, -0.05) is 13.8 Å². The third-order valence-corrected chi connectivity index (χ3v) is 3.14. The predicted molar refractivity (Wildman–Crippen MR) is 75.3 cm³/mol. The van der Waals surface area contributed by atoms with E-state index in [0.717, 1.165) is 39.0 Å². The molecule has 0 aliphatic carbocycles. The smallest absolute Gasteiger partial charge is 0.323 e. The lowest BCUT2D eigenvalue weighted by Crippen LogP contribution is -2.52. The minimum absolute atomic E-state index is 0.0720. The van der Waals surface area contributed by atoms with Gasteiger partial charge in [0.05, 0.1) is 19.6 Å². The van der Waals surface area contributed by atoms with Crippen LogP contribution in [0.4, 0.5) is 0 Å². The van der Waals surface area contributed by atoms with Crippen LogP contribution >= 0.6 is 0 Å². The molecule has 0 radical (unpaired) electrons. The van der Waals surface area contributed by atoms with Crippen LogP contribution in [-0.4, -0.2) is 62.3 Å². The minimum atomic E-state index is -0.520. The molecule has 0 aromatic rings. The lowest BCUT2D eigenvalue weighted by Gasteiger charge is -2.32. The second-order valence-corrected chi connectivity index (χ2v) is 4.89. The van der Waals surface area contributed by atoms with Gasteiger partial charge in [0.2, 0.25) is 0 Å². The van der Waals surface area contributed by atoms with Crippen LogP contribution in [0.5, 0.6) is 0 Å². The first-order chi connectivity index (χ1) is 9.69. The van der Waals surface area contributed by atoms with Gasteiger partial charge >= 0.3 is 11.9 Å². The van der Waals surface area contributed by atoms with Crippen molar-refractivity contribution in [2.75, 3.05) is 39.4 Å². The summed E-state index contributed by atoms with van der Waals surface area (Å²) < 4.78 is 10.3. The van der Waals surface area contributed by atoms with Gasteiger partial charge in [-0.25, -0.2) is 0 Å². The SMILES string of the molecule is CCCOC(=O)CC(C(=O)OCCC)N1CCNCC1. The van der Waals surface area contributed by atoms with Crippen molar-refractivity contribution in [1.82, 2.24) is 10.2 Å². The number of nitrogens with zero attached hydrogens (tertiary/aromatic N) is 1. The Morgan fingerprint density at radius 3 is 2.30 bits per heavy atom. The van der Waals surface area contributed by atoms with Crippen LogP contribution in [0.25, 0.3) is 0 Å². The summed E-state index contributed by atoms with van der Waals surface area (Å²) >= 11 is 0. The summed E-state index contributed by atoms with van der Waals surface area (Å²) in [6.07, 6.45) is 1.63. The summed E-state index contributed by atoms with van der Waals surface area (Å²) in [6, 6.07) is -0.520. The van der Waals surface area contributed by atoms with E-state index >= 15 is 0 Å². The van der Waals surface area contributed by atoms with Crippen LogP contribution in [0.1, 0.15) is 33.1 Å². The van der Waals surface area contributed by atoms with Crippen molar-refractivity contribution in [1.29, 1.82) is 0 Å². The molecule has 1 atom stereocenters. The van der Waals surface area contributed by atoms with Gasteiger partial charge in [-0.3, -0.25) is 14.5 Å². The third kappa shape index (κ3) is 5.88. The van der Waals surface area contributed by atoms with Crippen molar-refractivity contribution in [3.63, 3.8) is 0 Å². The van der Waals surface area contributed by atoms with Crippen molar-refractivity contribution >= 4 is 11.9 Å². The zero-order valence-corrected chi connectivity index (χ0v) is 12.5. The van der Waals surface area contributed by atoms with E-state index in [4.69, 9.17) is 9.47 Å². The highest BCUT2D eigenvalue weighted by atomic mass is 16.5. The molecule has 0 spiro atoms. The third-order valence-electron chi connectivity index (χ3n) is 3.14. The van der Waals surface area contributed by atoms with Gasteiger partial charge in [0.25, 0.3) is 0 Å². The molecule has 1 N–H and O–H groups in total. The fourth-order valence-electron chi connectivity index (χ4n) is 2.09. The molecule has 6 heteroatoms. The number of piperazine rings is 1. The number of hydrogen-bond acceptors (Lipinski definition) is 6. The minimum Gasteiger partial charge on any atom is -0.466 e. The number of hydrogen-bond donors (Lipinski definition) is 1. The van der Waals surface area contributed by atoms with E-state index in [0.29, 0.717) is 13.2 Å². The van der Waals surface area contributed by atoms with E-state index in [-0.39, 0.29) is 18.4 Å². The molecule has 1 saturated heterocycles. The molecule has 1 aliphatic rings. The summed E-state index contributed by atoms with van der Waals surface area (Å²) in [7, 11) is 0. The van der Waals surface area contributed by atoms with Gasteiger partial charge < -0.3 is 14.8 Å². The lowest BCUT2D eigenvalue weighted by atomic mass is 10.1. The van der Waals surface area contributed by atoms with Crippen molar-refractivity contribution in [3.8, 4) is 0 Å². The number of nitrogens with one attached hydrogen (secondary N) is 1. The van der Waals surface area contributed by atoms with Gasteiger partial charge in [0.15, 0.2) is 0 Å². The number of esters is 2. The Bertz CT molecular complexity index is 304. The van der Waals surface area contributed by atoms with Gasteiger partial charge in [-0.2, -0.15) is 0 Å². The van der Waals surface area contributed by atoms with Crippen LogP contribution in [0.3, 0.4) is 0 Å². The topological polar surface area (TPSA) is 67.9 Å².